The van der Waals surface area contributed by atoms with E-state index in [0.717, 1.165) is 19.4 Å². The van der Waals surface area contributed by atoms with Gasteiger partial charge in [0, 0.05) is 11.6 Å². The molecule has 0 amide bonds. The molecule has 1 N–H and O–H groups in total. The minimum atomic E-state index is -0.437. The lowest BCUT2D eigenvalue weighted by Gasteiger charge is -2.13. The van der Waals surface area contributed by atoms with Crippen molar-refractivity contribution >= 4 is 12.4 Å². The lowest BCUT2D eigenvalue weighted by molar-refractivity contribution is 0.503. The highest BCUT2D eigenvalue weighted by molar-refractivity contribution is 5.85. The first-order chi connectivity index (χ1) is 6.70. The van der Waals surface area contributed by atoms with Gasteiger partial charge in [0.2, 0.25) is 0 Å². The van der Waals surface area contributed by atoms with Crippen LogP contribution in [0.2, 0.25) is 0 Å². The van der Waals surface area contributed by atoms with Gasteiger partial charge in [0.25, 0.3) is 0 Å². The molecule has 4 heteroatoms. The van der Waals surface area contributed by atoms with Gasteiger partial charge in [0.1, 0.15) is 11.6 Å². The Kier molecular flexibility index (Phi) is 4.05. The molecule has 0 bridgehead atoms. The highest BCUT2D eigenvalue weighted by atomic mass is 35.5. The number of benzene rings is 1. The maximum absolute atomic E-state index is 13.6. The summed E-state index contributed by atoms with van der Waals surface area (Å²) >= 11 is 0. The van der Waals surface area contributed by atoms with Crippen molar-refractivity contribution in [2.24, 2.45) is 0 Å². The molecule has 1 saturated heterocycles. The van der Waals surface area contributed by atoms with Gasteiger partial charge in [-0.15, -0.1) is 12.4 Å². The lowest BCUT2D eigenvalue weighted by atomic mass is 10.0. The number of hydrogen-bond acceptors (Lipinski definition) is 1. The molecule has 15 heavy (non-hydrogen) atoms. The summed E-state index contributed by atoms with van der Waals surface area (Å²) in [7, 11) is 0. The molecule has 1 aliphatic heterocycles. The van der Waals surface area contributed by atoms with Crippen molar-refractivity contribution in [3.63, 3.8) is 0 Å². The fourth-order valence-electron chi connectivity index (χ4n) is 1.93. The molecule has 0 aliphatic carbocycles. The van der Waals surface area contributed by atoms with Gasteiger partial charge >= 0.3 is 0 Å². The predicted molar refractivity (Wildman–Crippen MR) is 58.3 cm³/mol. The SMILES string of the molecule is Cc1ccc(F)c(C2CCCN2)c1F.Cl. The summed E-state index contributed by atoms with van der Waals surface area (Å²) in [5.74, 6) is -0.836. The Morgan fingerprint density at radius 3 is 2.67 bits per heavy atom. The van der Waals surface area contributed by atoms with Gasteiger partial charge in [-0.25, -0.2) is 8.78 Å². The quantitative estimate of drug-likeness (QED) is 0.786. The van der Waals surface area contributed by atoms with E-state index in [0.29, 0.717) is 5.56 Å². The minimum Gasteiger partial charge on any atom is -0.310 e. The summed E-state index contributed by atoms with van der Waals surface area (Å²) in [6.45, 7) is 2.50. The van der Waals surface area contributed by atoms with E-state index >= 15 is 0 Å². The molecule has 1 fully saturated rings. The topological polar surface area (TPSA) is 12.0 Å². The molecular formula is C11H14ClF2N. The first kappa shape index (κ1) is 12.4. The molecule has 2 rings (SSSR count). The van der Waals surface area contributed by atoms with E-state index in [-0.39, 0.29) is 24.0 Å². The summed E-state index contributed by atoms with van der Waals surface area (Å²) in [4.78, 5) is 0. The van der Waals surface area contributed by atoms with Gasteiger partial charge < -0.3 is 5.32 Å². The van der Waals surface area contributed by atoms with E-state index in [1.54, 1.807) is 6.92 Å². The van der Waals surface area contributed by atoms with Gasteiger partial charge in [-0.05, 0) is 37.9 Å². The third kappa shape index (κ3) is 2.29. The van der Waals surface area contributed by atoms with Crippen molar-refractivity contribution in [1.29, 1.82) is 0 Å². The van der Waals surface area contributed by atoms with E-state index in [4.69, 9.17) is 0 Å². The highest BCUT2D eigenvalue weighted by Crippen LogP contribution is 2.28. The van der Waals surface area contributed by atoms with Crippen molar-refractivity contribution in [2.75, 3.05) is 6.54 Å². The molecule has 1 aromatic rings. The molecule has 0 spiro atoms. The maximum Gasteiger partial charge on any atom is 0.133 e. The second kappa shape index (κ2) is 4.90. The molecule has 1 atom stereocenters. The number of hydrogen-bond donors (Lipinski definition) is 1. The second-order valence-electron chi connectivity index (χ2n) is 3.74. The van der Waals surface area contributed by atoms with E-state index in [2.05, 4.69) is 5.32 Å². The van der Waals surface area contributed by atoms with Crippen LogP contribution in [-0.2, 0) is 0 Å². The van der Waals surface area contributed by atoms with Crippen LogP contribution < -0.4 is 5.32 Å². The average Bonchev–Trinajstić information content (AvgIpc) is 2.65. The third-order valence-electron chi connectivity index (χ3n) is 2.73. The lowest BCUT2D eigenvalue weighted by Crippen LogP contribution is -2.16. The van der Waals surface area contributed by atoms with Crippen LogP contribution in [0.15, 0.2) is 12.1 Å². The zero-order valence-corrected chi connectivity index (χ0v) is 9.33. The van der Waals surface area contributed by atoms with Crippen LogP contribution in [-0.4, -0.2) is 6.54 Å². The summed E-state index contributed by atoms with van der Waals surface area (Å²) in [6.07, 6.45) is 1.80. The minimum absolute atomic E-state index is 0. The second-order valence-corrected chi connectivity index (χ2v) is 3.74. The first-order valence-electron chi connectivity index (χ1n) is 4.88. The molecule has 1 unspecified atom stereocenters. The van der Waals surface area contributed by atoms with Crippen LogP contribution in [0.4, 0.5) is 8.78 Å². The zero-order valence-electron chi connectivity index (χ0n) is 8.52. The summed E-state index contributed by atoms with van der Waals surface area (Å²) in [6, 6.07) is 2.67. The van der Waals surface area contributed by atoms with Gasteiger partial charge in [0.05, 0.1) is 0 Å². The Morgan fingerprint density at radius 2 is 2.07 bits per heavy atom. The molecular weight excluding hydrogens is 220 g/mol. The number of nitrogens with one attached hydrogen (secondary N) is 1. The molecule has 0 aromatic heterocycles. The Labute approximate surface area is 94.3 Å². The van der Waals surface area contributed by atoms with Gasteiger partial charge in [0.15, 0.2) is 0 Å². The third-order valence-corrected chi connectivity index (χ3v) is 2.73. The molecule has 0 saturated carbocycles. The van der Waals surface area contributed by atoms with Crippen molar-refractivity contribution in [3.8, 4) is 0 Å². The fourth-order valence-corrected chi connectivity index (χ4v) is 1.93. The Bertz CT molecular complexity index is 349. The molecule has 1 nitrogen and oxygen atoms in total. The van der Waals surface area contributed by atoms with Crippen molar-refractivity contribution in [3.05, 3.63) is 34.9 Å². The normalized spacial score (nSPS) is 20.1. The van der Waals surface area contributed by atoms with Crippen LogP contribution in [0.1, 0.15) is 30.0 Å². The van der Waals surface area contributed by atoms with Crippen molar-refractivity contribution in [1.82, 2.24) is 5.32 Å². The van der Waals surface area contributed by atoms with E-state index < -0.39 is 11.6 Å². The Hall–Kier alpha value is -0.670. The van der Waals surface area contributed by atoms with Gasteiger partial charge in [-0.3, -0.25) is 0 Å². The predicted octanol–water partition coefficient (Wildman–Crippen LogP) is 3.12. The van der Waals surface area contributed by atoms with Gasteiger partial charge in [-0.1, -0.05) is 6.07 Å². The number of rotatable bonds is 1. The smallest absolute Gasteiger partial charge is 0.133 e. The van der Waals surface area contributed by atoms with E-state index in [9.17, 15) is 8.78 Å². The molecule has 0 radical (unpaired) electrons. The van der Waals surface area contributed by atoms with Crippen molar-refractivity contribution in [2.45, 2.75) is 25.8 Å². The molecule has 1 aliphatic rings. The van der Waals surface area contributed by atoms with Crippen LogP contribution in [0.5, 0.6) is 0 Å². The first-order valence-corrected chi connectivity index (χ1v) is 4.88. The molecule has 84 valence electrons. The summed E-state index contributed by atoms with van der Waals surface area (Å²) < 4.78 is 27.0. The van der Waals surface area contributed by atoms with Crippen LogP contribution in [0.25, 0.3) is 0 Å². The Balaban J connectivity index is 0.00000112. The number of halogens is 3. The number of aryl methyl sites for hydroxylation is 1. The standard InChI is InChI=1S/C11H13F2N.ClH/c1-7-4-5-8(12)10(11(7)13)9-3-2-6-14-9;/h4-5,9,14H,2-3,6H2,1H3;1H. The molecule has 1 heterocycles. The molecule has 1 aromatic carbocycles. The monoisotopic (exact) mass is 233 g/mol. The zero-order chi connectivity index (χ0) is 10.1. The van der Waals surface area contributed by atoms with Crippen molar-refractivity contribution < 1.29 is 8.78 Å². The van der Waals surface area contributed by atoms with Gasteiger partial charge in [-0.2, -0.15) is 0 Å². The van der Waals surface area contributed by atoms with Crippen LogP contribution in [0, 0.1) is 18.6 Å². The van der Waals surface area contributed by atoms with E-state index in [1.165, 1.54) is 12.1 Å². The maximum atomic E-state index is 13.6. The fraction of sp³-hybridized carbons (Fsp3) is 0.455. The van der Waals surface area contributed by atoms with Crippen LogP contribution >= 0.6 is 12.4 Å². The largest absolute Gasteiger partial charge is 0.310 e. The van der Waals surface area contributed by atoms with Crippen LogP contribution in [0.3, 0.4) is 0 Å². The average molecular weight is 234 g/mol. The highest BCUT2D eigenvalue weighted by Gasteiger charge is 2.23. The van der Waals surface area contributed by atoms with E-state index in [1.807, 2.05) is 0 Å². The summed E-state index contributed by atoms with van der Waals surface area (Å²) in [5.41, 5.74) is 0.720. The summed E-state index contributed by atoms with van der Waals surface area (Å²) in [5, 5.41) is 3.10. The Morgan fingerprint density at radius 1 is 1.33 bits per heavy atom.